The summed E-state index contributed by atoms with van der Waals surface area (Å²) in [5.41, 5.74) is 2.08. The molecule has 0 bridgehead atoms. The number of carbonyl (C=O) groups excluding carboxylic acids is 2. The number of rotatable bonds is 6. The minimum atomic E-state index is -0.912. The first-order valence-electron chi connectivity index (χ1n) is 8.12. The van der Waals surface area contributed by atoms with Crippen LogP contribution in [0.2, 0.25) is 0 Å². The number of Topliss-reactive ketones (excluding diaryl/α,β-unsaturated/α-hetero) is 1. The van der Waals surface area contributed by atoms with Crippen molar-refractivity contribution in [2.75, 3.05) is 13.7 Å². The SMILES string of the molecule is CCOC(=O)c1ccc(C#Cc2ccc(OC(OC)C(C)=O)cc2)cc1. The first-order chi connectivity index (χ1) is 12.5. The molecule has 0 amide bonds. The van der Waals surface area contributed by atoms with Crippen LogP contribution in [0, 0.1) is 11.8 Å². The second-order valence-corrected chi connectivity index (χ2v) is 5.37. The summed E-state index contributed by atoms with van der Waals surface area (Å²) in [5, 5.41) is 0. The van der Waals surface area contributed by atoms with E-state index in [1.807, 2.05) is 0 Å². The number of benzene rings is 2. The summed E-state index contributed by atoms with van der Waals surface area (Å²) < 4.78 is 15.3. The number of esters is 1. The van der Waals surface area contributed by atoms with Gasteiger partial charge in [-0.3, -0.25) is 4.79 Å². The minimum Gasteiger partial charge on any atom is -0.462 e. The van der Waals surface area contributed by atoms with Gasteiger partial charge in [0.2, 0.25) is 0 Å². The van der Waals surface area contributed by atoms with Crippen LogP contribution in [0.5, 0.6) is 5.75 Å². The van der Waals surface area contributed by atoms with Crippen LogP contribution in [0.15, 0.2) is 48.5 Å². The average molecular weight is 352 g/mol. The number of ketones is 1. The van der Waals surface area contributed by atoms with Crippen LogP contribution in [-0.2, 0) is 14.3 Å². The molecule has 0 radical (unpaired) electrons. The van der Waals surface area contributed by atoms with Gasteiger partial charge in [-0.1, -0.05) is 11.8 Å². The van der Waals surface area contributed by atoms with Gasteiger partial charge in [0, 0.05) is 25.2 Å². The van der Waals surface area contributed by atoms with Gasteiger partial charge in [-0.05, 0) is 55.5 Å². The Morgan fingerprint density at radius 1 is 0.962 bits per heavy atom. The van der Waals surface area contributed by atoms with E-state index >= 15 is 0 Å². The van der Waals surface area contributed by atoms with Gasteiger partial charge in [0.05, 0.1) is 12.2 Å². The van der Waals surface area contributed by atoms with Crippen molar-refractivity contribution in [1.29, 1.82) is 0 Å². The van der Waals surface area contributed by atoms with Crippen molar-refractivity contribution in [3.8, 4) is 17.6 Å². The molecule has 0 N–H and O–H groups in total. The molecule has 1 atom stereocenters. The van der Waals surface area contributed by atoms with Crippen LogP contribution < -0.4 is 4.74 Å². The molecule has 134 valence electrons. The molecule has 0 aromatic heterocycles. The maximum atomic E-state index is 11.6. The van der Waals surface area contributed by atoms with Crippen molar-refractivity contribution in [2.24, 2.45) is 0 Å². The lowest BCUT2D eigenvalue weighted by molar-refractivity contribution is -0.143. The first-order valence-corrected chi connectivity index (χ1v) is 8.12. The molecule has 2 aromatic rings. The molecule has 0 saturated heterocycles. The molecule has 2 rings (SSSR count). The van der Waals surface area contributed by atoms with E-state index in [9.17, 15) is 9.59 Å². The van der Waals surface area contributed by atoms with E-state index in [1.54, 1.807) is 55.5 Å². The normalized spacial score (nSPS) is 11.0. The van der Waals surface area contributed by atoms with E-state index in [0.717, 1.165) is 11.1 Å². The second kappa shape index (κ2) is 9.40. The van der Waals surface area contributed by atoms with Crippen LogP contribution in [0.3, 0.4) is 0 Å². The fraction of sp³-hybridized carbons (Fsp3) is 0.238. The van der Waals surface area contributed by atoms with Gasteiger partial charge in [-0.15, -0.1) is 0 Å². The highest BCUT2D eigenvalue weighted by Gasteiger charge is 2.14. The lowest BCUT2D eigenvalue weighted by atomic mass is 10.1. The number of hydrogen-bond donors (Lipinski definition) is 0. The molecule has 5 nitrogen and oxygen atoms in total. The van der Waals surface area contributed by atoms with Crippen LogP contribution in [0.4, 0.5) is 0 Å². The Balaban J connectivity index is 2.03. The summed E-state index contributed by atoms with van der Waals surface area (Å²) in [6.07, 6.45) is -0.912. The highest BCUT2D eigenvalue weighted by atomic mass is 16.7. The van der Waals surface area contributed by atoms with Crippen molar-refractivity contribution in [3.05, 3.63) is 65.2 Å². The van der Waals surface area contributed by atoms with E-state index in [2.05, 4.69) is 11.8 Å². The van der Waals surface area contributed by atoms with Gasteiger partial charge in [0.15, 0.2) is 5.78 Å². The Kier molecular flexibility index (Phi) is 6.95. The number of carbonyl (C=O) groups is 2. The zero-order valence-electron chi connectivity index (χ0n) is 14.9. The van der Waals surface area contributed by atoms with Crippen molar-refractivity contribution in [3.63, 3.8) is 0 Å². The van der Waals surface area contributed by atoms with Gasteiger partial charge in [0.1, 0.15) is 5.75 Å². The average Bonchev–Trinajstić information content (AvgIpc) is 2.65. The second-order valence-electron chi connectivity index (χ2n) is 5.37. The Morgan fingerprint density at radius 3 is 1.96 bits per heavy atom. The summed E-state index contributed by atoms with van der Waals surface area (Å²) in [6, 6.07) is 14.0. The van der Waals surface area contributed by atoms with Crippen LogP contribution in [0.25, 0.3) is 0 Å². The van der Waals surface area contributed by atoms with Gasteiger partial charge < -0.3 is 14.2 Å². The predicted molar refractivity (Wildman–Crippen MR) is 96.9 cm³/mol. The Morgan fingerprint density at radius 2 is 1.50 bits per heavy atom. The third-order valence-corrected chi connectivity index (χ3v) is 3.39. The molecule has 26 heavy (non-hydrogen) atoms. The highest BCUT2D eigenvalue weighted by Crippen LogP contribution is 2.14. The summed E-state index contributed by atoms with van der Waals surface area (Å²) in [4.78, 5) is 22.9. The highest BCUT2D eigenvalue weighted by molar-refractivity contribution is 5.89. The standard InChI is InChI=1S/C21H20O5/c1-4-25-20(23)18-11-7-16(8-12-18)5-6-17-9-13-19(14-10-17)26-21(24-3)15(2)22/h7-14,21H,4H2,1-3H3. The third-order valence-electron chi connectivity index (χ3n) is 3.39. The number of methoxy groups -OCH3 is 1. The van der Waals surface area contributed by atoms with Crippen molar-refractivity contribution in [2.45, 2.75) is 20.1 Å². The topological polar surface area (TPSA) is 61.8 Å². The molecule has 0 aliphatic rings. The zero-order chi connectivity index (χ0) is 18.9. The maximum absolute atomic E-state index is 11.6. The van der Waals surface area contributed by atoms with Crippen LogP contribution in [0.1, 0.15) is 35.3 Å². The summed E-state index contributed by atoms with van der Waals surface area (Å²) in [5.74, 6) is 6.03. The summed E-state index contributed by atoms with van der Waals surface area (Å²) in [6.45, 7) is 3.52. The summed E-state index contributed by atoms with van der Waals surface area (Å²) >= 11 is 0. The Bertz CT molecular complexity index is 810. The molecule has 0 aliphatic heterocycles. The van der Waals surface area contributed by atoms with Crippen LogP contribution >= 0.6 is 0 Å². The molecular weight excluding hydrogens is 332 g/mol. The quantitative estimate of drug-likeness (QED) is 0.454. The lowest BCUT2D eigenvalue weighted by Crippen LogP contribution is -2.26. The van der Waals surface area contributed by atoms with E-state index in [1.165, 1.54) is 14.0 Å². The smallest absolute Gasteiger partial charge is 0.338 e. The van der Waals surface area contributed by atoms with E-state index < -0.39 is 6.29 Å². The summed E-state index contributed by atoms with van der Waals surface area (Å²) in [7, 11) is 1.42. The predicted octanol–water partition coefficient (Wildman–Crippen LogP) is 3.20. The fourth-order valence-electron chi connectivity index (χ4n) is 2.09. The van der Waals surface area contributed by atoms with Gasteiger partial charge in [-0.2, -0.15) is 0 Å². The molecule has 0 aliphatic carbocycles. The van der Waals surface area contributed by atoms with E-state index in [-0.39, 0.29) is 11.8 Å². The fourth-order valence-corrected chi connectivity index (χ4v) is 2.09. The van der Waals surface area contributed by atoms with Crippen molar-refractivity contribution in [1.82, 2.24) is 0 Å². The lowest BCUT2D eigenvalue weighted by Gasteiger charge is -2.14. The molecule has 1 unspecified atom stereocenters. The molecule has 0 spiro atoms. The zero-order valence-corrected chi connectivity index (χ0v) is 14.9. The molecule has 2 aromatic carbocycles. The molecule has 0 heterocycles. The van der Waals surface area contributed by atoms with Gasteiger partial charge >= 0.3 is 5.97 Å². The van der Waals surface area contributed by atoms with Crippen molar-refractivity contribution >= 4 is 11.8 Å². The largest absolute Gasteiger partial charge is 0.462 e. The van der Waals surface area contributed by atoms with Crippen molar-refractivity contribution < 1.29 is 23.8 Å². The van der Waals surface area contributed by atoms with Crippen LogP contribution in [-0.4, -0.2) is 31.8 Å². The van der Waals surface area contributed by atoms with E-state index in [4.69, 9.17) is 14.2 Å². The third kappa shape index (κ3) is 5.47. The maximum Gasteiger partial charge on any atom is 0.338 e. The van der Waals surface area contributed by atoms with E-state index in [0.29, 0.717) is 17.9 Å². The molecule has 0 fully saturated rings. The molecular formula is C21H20O5. The minimum absolute atomic E-state index is 0.206. The first kappa shape index (κ1) is 19.2. The van der Waals surface area contributed by atoms with Gasteiger partial charge in [0.25, 0.3) is 6.29 Å². The monoisotopic (exact) mass is 352 g/mol. The molecule has 0 saturated carbocycles. The molecule has 5 heteroatoms. The van der Waals surface area contributed by atoms with Gasteiger partial charge in [-0.25, -0.2) is 4.79 Å². The Hall–Kier alpha value is -3.10. The number of ether oxygens (including phenoxy) is 3. The Labute approximate surface area is 152 Å². The number of hydrogen-bond acceptors (Lipinski definition) is 5.